The summed E-state index contributed by atoms with van der Waals surface area (Å²) in [6, 6.07) is 10.4. The number of nitrogens with zero attached hydrogens (tertiary/aromatic N) is 1. The Morgan fingerprint density at radius 2 is 1.83 bits per heavy atom. The molecule has 2 nitrogen and oxygen atoms in total. The standard InChI is InChI=1S/C17H14Cl2F3NO/c1-2-16(23-24-10-11-5-3-4-6-15(11)19)13-9-12(18)7-8-14(13)17(20,21)22/h3-9H,2,10H2,1H3/b23-16+. The molecule has 24 heavy (non-hydrogen) atoms. The number of halogens is 5. The van der Waals surface area contributed by atoms with Gasteiger partial charge in [-0.2, -0.15) is 13.2 Å². The maximum absolute atomic E-state index is 13.2. The molecule has 2 rings (SSSR count). The molecule has 2 aromatic rings. The third-order valence-electron chi connectivity index (χ3n) is 3.29. The fourth-order valence-corrected chi connectivity index (χ4v) is 2.46. The maximum atomic E-state index is 13.2. The van der Waals surface area contributed by atoms with E-state index >= 15 is 0 Å². The second-order valence-electron chi connectivity index (χ2n) is 4.94. The highest BCUT2D eigenvalue weighted by Crippen LogP contribution is 2.34. The summed E-state index contributed by atoms with van der Waals surface area (Å²) in [5.74, 6) is 0. The van der Waals surface area contributed by atoms with Crippen molar-refractivity contribution in [2.45, 2.75) is 26.1 Å². The van der Waals surface area contributed by atoms with Crippen LogP contribution in [0.15, 0.2) is 47.6 Å². The Morgan fingerprint density at radius 3 is 2.46 bits per heavy atom. The zero-order chi connectivity index (χ0) is 17.7. The highest BCUT2D eigenvalue weighted by molar-refractivity contribution is 6.31. The van der Waals surface area contributed by atoms with E-state index in [1.54, 1.807) is 31.2 Å². The van der Waals surface area contributed by atoms with Crippen LogP contribution in [0.25, 0.3) is 0 Å². The average molecular weight is 376 g/mol. The zero-order valence-electron chi connectivity index (χ0n) is 12.7. The molecule has 0 heterocycles. The molecule has 0 aromatic heterocycles. The summed E-state index contributed by atoms with van der Waals surface area (Å²) < 4.78 is 39.5. The summed E-state index contributed by atoms with van der Waals surface area (Å²) in [4.78, 5) is 5.21. The first-order valence-electron chi connectivity index (χ1n) is 7.12. The van der Waals surface area contributed by atoms with Gasteiger partial charge in [0.05, 0.1) is 11.3 Å². The third kappa shape index (κ3) is 4.65. The molecule has 0 fully saturated rings. The number of rotatable bonds is 5. The molecule has 0 aliphatic carbocycles. The van der Waals surface area contributed by atoms with E-state index in [9.17, 15) is 13.2 Å². The minimum Gasteiger partial charge on any atom is -0.391 e. The van der Waals surface area contributed by atoms with Crippen molar-refractivity contribution in [3.05, 3.63) is 69.2 Å². The van der Waals surface area contributed by atoms with Crippen LogP contribution < -0.4 is 0 Å². The van der Waals surface area contributed by atoms with Crippen molar-refractivity contribution in [2.24, 2.45) is 5.16 Å². The Labute approximate surface area is 147 Å². The summed E-state index contributed by atoms with van der Waals surface area (Å²) in [5.41, 5.74) is -0.0251. The van der Waals surface area contributed by atoms with Gasteiger partial charge in [-0.1, -0.05) is 53.5 Å². The number of oxime groups is 1. The van der Waals surface area contributed by atoms with Gasteiger partial charge in [0, 0.05) is 21.2 Å². The smallest absolute Gasteiger partial charge is 0.391 e. The molecule has 0 unspecified atom stereocenters. The molecular weight excluding hydrogens is 362 g/mol. The molecule has 0 saturated carbocycles. The van der Waals surface area contributed by atoms with Gasteiger partial charge in [-0.15, -0.1) is 0 Å². The predicted octanol–water partition coefficient (Wildman–Crippen LogP) is 6.34. The van der Waals surface area contributed by atoms with Crippen molar-refractivity contribution in [3.63, 3.8) is 0 Å². The molecule has 2 aromatic carbocycles. The largest absolute Gasteiger partial charge is 0.417 e. The molecule has 0 bridgehead atoms. The van der Waals surface area contributed by atoms with Crippen LogP contribution in [0.5, 0.6) is 0 Å². The summed E-state index contributed by atoms with van der Waals surface area (Å²) in [7, 11) is 0. The maximum Gasteiger partial charge on any atom is 0.417 e. The van der Waals surface area contributed by atoms with Gasteiger partial charge in [-0.25, -0.2) is 0 Å². The van der Waals surface area contributed by atoms with E-state index in [4.69, 9.17) is 28.0 Å². The van der Waals surface area contributed by atoms with Crippen molar-refractivity contribution in [3.8, 4) is 0 Å². The van der Waals surface area contributed by atoms with Crippen LogP contribution in [0.1, 0.15) is 30.0 Å². The number of hydrogen-bond acceptors (Lipinski definition) is 2. The highest BCUT2D eigenvalue weighted by atomic mass is 35.5. The first-order chi connectivity index (χ1) is 11.3. The first-order valence-corrected chi connectivity index (χ1v) is 7.88. The lowest BCUT2D eigenvalue weighted by molar-refractivity contribution is -0.137. The van der Waals surface area contributed by atoms with E-state index in [0.717, 1.165) is 6.07 Å². The van der Waals surface area contributed by atoms with Crippen LogP contribution in [0.3, 0.4) is 0 Å². The van der Waals surface area contributed by atoms with Crippen molar-refractivity contribution >= 4 is 28.9 Å². The van der Waals surface area contributed by atoms with Crippen LogP contribution in [0, 0.1) is 0 Å². The minimum absolute atomic E-state index is 0.0606. The Bertz CT molecular complexity index is 745. The van der Waals surface area contributed by atoms with Crippen LogP contribution in [-0.2, 0) is 17.6 Å². The molecule has 0 spiro atoms. The molecule has 0 aliphatic heterocycles. The van der Waals surface area contributed by atoms with Crippen molar-refractivity contribution in [1.82, 2.24) is 0 Å². The van der Waals surface area contributed by atoms with Gasteiger partial charge in [0.2, 0.25) is 0 Å². The van der Waals surface area contributed by atoms with Crippen LogP contribution >= 0.6 is 23.2 Å². The highest BCUT2D eigenvalue weighted by Gasteiger charge is 2.34. The summed E-state index contributed by atoms with van der Waals surface area (Å²) in [6.45, 7) is 1.75. The lowest BCUT2D eigenvalue weighted by Crippen LogP contribution is -2.13. The van der Waals surface area contributed by atoms with Gasteiger partial charge in [-0.3, -0.25) is 0 Å². The van der Waals surface area contributed by atoms with Crippen LogP contribution in [0.4, 0.5) is 13.2 Å². The number of alkyl halides is 3. The molecule has 0 radical (unpaired) electrons. The SMILES string of the molecule is CC/C(=N\OCc1ccccc1Cl)c1cc(Cl)ccc1C(F)(F)F. The monoisotopic (exact) mass is 375 g/mol. The fourth-order valence-electron chi connectivity index (χ4n) is 2.10. The van der Waals surface area contributed by atoms with Crippen LogP contribution in [0.2, 0.25) is 10.0 Å². The molecule has 7 heteroatoms. The van der Waals surface area contributed by atoms with Gasteiger partial charge >= 0.3 is 6.18 Å². The molecule has 0 aliphatic rings. The molecule has 0 atom stereocenters. The van der Waals surface area contributed by atoms with Gasteiger partial charge in [0.15, 0.2) is 0 Å². The molecule has 0 saturated heterocycles. The van der Waals surface area contributed by atoms with Crippen molar-refractivity contribution in [2.75, 3.05) is 0 Å². The lowest BCUT2D eigenvalue weighted by Gasteiger charge is -2.14. The van der Waals surface area contributed by atoms with Crippen molar-refractivity contribution < 1.29 is 18.0 Å². The normalized spacial score (nSPS) is 12.3. The van der Waals surface area contributed by atoms with Gasteiger partial charge in [0.1, 0.15) is 6.61 Å². The van der Waals surface area contributed by atoms with E-state index < -0.39 is 11.7 Å². The molecule has 128 valence electrons. The number of hydrogen-bond donors (Lipinski definition) is 0. The predicted molar refractivity (Wildman–Crippen MR) is 89.5 cm³/mol. The third-order valence-corrected chi connectivity index (χ3v) is 3.89. The summed E-state index contributed by atoms with van der Waals surface area (Å²) in [5, 5.41) is 4.57. The fraction of sp³-hybridized carbons (Fsp3) is 0.235. The Kier molecular flexibility index (Phi) is 6.13. The zero-order valence-corrected chi connectivity index (χ0v) is 14.2. The van der Waals surface area contributed by atoms with E-state index in [0.29, 0.717) is 10.6 Å². The second kappa shape index (κ2) is 7.90. The molecular formula is C17H14Cl2F3NO. The first kappa shape index (κ1) is 18.6. The topological polar surface area (TPSA) is 21.6 Å². The quantitative estimate of drug-likeness (QED) is 0.441. The van der Waals surface area contributed by atoms with E-state index in [2.05, 4.69) is 5.16 Å². The Hall–Kier alpha value is -1.72. The second-order valence-corrected chi connectivity index (χ2v) is 5.79. The minimum atomic E-state index is -4.50. The van der Waals surface area contributed by atoms with Gasteiger partial charge < -0.3 is 4.84 Å². The lowest BCUT2D eigenvalue weighted by atomic mass is 10.0. The molecule has 0 N–H and O–H groups in total. The molecule has 0 amide bonds. The van der Waals surface area contributed by atoms with E-state index in [1.165, 1.54) is 12.1 Å². The van der Waals surface area contributed by atoms with Crippen molar-refractivity contribution in [1.29, 1.82) is 0 Å². The Balaban J connectivity index is 2.28. The van der Waals surface area contributed by atoms with Crippen LogP contribution in [-0.4, -0.2) is 5.71 Å². The van der Waals surface area contributed by atoms with E-state index in [1.807, 2.05) is 0 Å². The van der Waals surface area contributed by atoms with Gasteiger partial charge in [-0.05, 0) is 30.7 Å². The average Bonchev–Trinajstić information content (AvgIpc) is 2.52. The Morgan fingerprint density at radius 1 is 1.12 bits per heavy atom. The summed E-state index contributed by atoms with van der Waals surface area (Å²) in [6.07, 6.45) is -4.25. The number of benzene rings is 2. The summed E-state index contributed by atoms with van der Waals surface area (Å²) >= 11 is 11.8. The van der Waals surface area contributed by atoms with Gasteiger partial charge in [0.25, 0.3) is 0 Å². The van der Waals surface area contributed by atoms with E-state index in [-0.39, 0.29) is 29.3 Å².